The van der Waals surface area contributed by atoms with E-state index in [4.69, 9.17) is 9.47 Å². The quantitative estimate of drug-likeness (QED) is 0.683. The predicted octanol–water partition coefficient (Wildman–Crippen LogP) is 3.42. The Morgan fingerprint density at radius 2 is 1.86 bits per heavy atom. The molecule has 2 aliphatic rings. The van der Waals surface area contributed by atoms with Crippen LogP contribution >= 0.6 is 0 Å². The van der Waals surface area contributed by atoms with Crippen molar-refractivity contribution >= 4 is 9.84 Å². The van der Waals surface area contributed by atoms with E-state index >= 15 is 0 Å². The molecule has 1 aliphatic heterocycles. The van der Waals surface area contributed by atoms with Crippen LogP contribution in [0.25, 0.3) is 11.4 Å². The van der Waals surface area contributed by atoms with Gasteiger partial charge in [-0.2, -0.15) is 0 Å². The van der Waals surface area contributed by atoms with Gasteiger partial charge in [-0.1, -0.05) is 0 Å². The summed E-state index contributed by atoms with van der Waals surface area (Å²) in [6, 6.07) is 7.21. The van der Waals surface area contributed by atoms with Gasteiger partial charge in [-0.3, -0.25) is 0 Å². The molecule has 0 spiro atoms. The molecule has 156 valence electrons. The van der Waals surface area contributed by atoms with Crippen LogP contribution in [0.5, 0.6) is 5.75 Å². The van der Waals surface area contributed by atoms with Gasteiger partial charge in [0, 0.05) is 18.1 Å². The summed E-state index contributed by atoms with van der Waals surface area (Å²) < 4.78 is 50.1. The van der Waals surface area contributed by atoms with Crippen molar-refractivity contribution in [1.29, 1.82) is 0 Å². The van der Waals surface area contributed by atoms with Gasteiger partial charge in [0.15, 0.2) is 21.5 Å². The number of hydrogen-bond acceptors (Lipinski definition) is 6. The van der Waals surface area contributed by atoms with Crippen molar-refractivity contribution in [3.8, 4) is 17.1 Å². The first-order valence-electron chi connectivity index (χ1n) is 10.0. The largest absolute Gasteiger partial charge is 0.491 e. The van der Waals surface area contributed by atoms with Crippen LogP contribution in [-0.4, -0.2) is 48.2 Å². The summed E-state index contributed by atoms with van der Waals surface area (Å²) in [4.78, 5) is 7.93. The number of nitrogens with zero attached hydrogens (tertiary/aromatic N) is 2. The Labute approximate surface area is 170 Å². The van der Waals surface area contributed by atoms with E-state index in [1.165, 1.54) is 0 Å². The summed E-state index contributed by atoms with van der Waals surface area (Å²) in [5, 5.41) is -0.580. The Bertz CT molecular complexity index is 930. The highest BCUT2D eigenvalue weighted by Crippen LogP contribution is 2.37. The molecule has 6 nitrogen and oxygen atoms in total. The van der Waals surface area contributed by atoms with Crippen molar-refractivity contribution in [1.82, 2.24) is 9.97 Å². The average Bonchev–Trinajstić information content (AvgIpc) is 3.59. The van der Waals surface area contributed by atoms with E-state index in [1.54, 1.807) is 12.1 Å². The van der Waals surface area contributed by atoms with Gasteiger partial charge < -0.3 is 9.47 Å². The smallest absolute Gasteiger partial charge is 0.159 e. The van der Waals surface area contributed by atoms with Crippen molar-refractivity contribution in [2.75, 3.05) is 13.2 Å². The molecule has 2 heterocycles. The van der Waals surface area contributed by atoms with Crippen molar-refractivity contribution in [2.24, 2.45) is 5.92 Å². The van der Waals surface area contributed by atoms with Crippen LogP contribution in [0.15, 0.2) is 36.7 Å². The second kappa shape index (κ2) is 8.36. The van der Waals surface area contributed by atoms with Crippen LogP contribution in [0.2, 0.25) is 0 Å². The summed E-state index contributed by atoms with van der Waals surface area (Å²) in [7, 11) is -3.10. The molecule has 3 unspecified atom stereocenters. The van der Waals surface area contributed by atoms with Crippen LogP contribution in [0.1, 0.15) is 32.6 Å². The number of sulfone groups is 1. The van der Waals surface area contributed by atoms with Gasteiger partial charge in [0.1, 0.15) is 12.4 Å². The maximum atomic E-state index is 13.0. The van der Waals surface area contributed by atoms with E-state index < -0.39 is 20.9 Å². The summed E-state index contributed by atoms with van der Waals surface area (Å²) >= 11 is 0. The van der Waals surface area contributed by atoms with E-state index in [-0.39, 0.29) is 17.3 Å². The molecule has 1 aromatic heterocycles. The van der Waals surface area contributed by atoms with E-state index in [0.29, 0.717) is 24.8 Å². The third kappa shape index (κ3) is 4.59. The highest BCUT2D eigenvalue weighted by Gasteiger charge is 2.45. The second-order valence-electron chi connectivity index (χ2n) is 7.77. The van der Waals surface area contributed by atoms with E-state index in [0.717, 1.165) is 43.6 Å². The Balaban J connectivity index is 1.39. The van der Waals surface area contributed by atoms with Gasteiger partial charge >= 0.3 is 0 Å². The summed E-state index contributed by atoms with van der Waals surface area (Å²) in [5.74, 6) is 0.559. The Hall–Kier alpha value is -2.06. The zero-order valence-electron chi connectivity index (χ0n) is 16.3. The third-order valence-corrected chi connectivity index (χ3v) is 8.54. The minimum Gasteiger partial charge on any atom is -0.491 e. The summed E-state index contributed by atoms with van der Waals surface area (Å²) in [6.07, 6.45) is 5.29. The number of aromatic nitrogens is 2. The lowest BCUT2D eigenvalue weighted by atomic mass is 9.92. The van der Waals surface area contributed by atoms with Crippen LogP contribution in [0.4, 0.5) is 4.39 Å². The minimum absolute atomic E-state index is 0.0544. The van der Waals surface area contributed by atoms with Gasteiger partial charge in [-0.25, -0.2) is 22.8 Å². The molecule has 2 aromatic rings. The van der Waals surface area contributed by atoms with Gasteiger partial charge in [0.05, 0.1) is 29.0 Å². The highest BCUT2D eigenvalue weighted by molar-refractivity contribution is 7.92. The Morgan fingerprint density at radius 1 is 1.17 bits per heavy atom. The van der Waals surface area contributed by atoms with E-state index in [2.05, 4.69) is 9.97 Å². The molecule has 3 atom stereocenters. The lowest BCUT2D eigenvalue weighted by molar-refractivity contribution is -0.0492. The van der Waals surface area contributed by atoms with Crippen LogP contribution in [0, 0.1) is 11.7 Å². The third-order valence-electron chi connectivity index (χ3n) is 5.75. The zero-order chi connectivity index (χ0) is 20.4. The van der Waals surface area contributed by atoms with Crippen molar-refractivity contribution in [3.05, 3.63) is 42.5 Å². The molecule has 2 fully saturated rings. The van der Waals surface area contributed by atoms with Crippen molar-refractivity contribution in [3.63, 3.8) is 0 Å². The maximum absolute atomic E-state index is 13.0. The fourth-order valence-electron chi connectivity index (χ4n) is 3.86. The molecule has 1 saturated heterocycles. The predicted molar refractivity (Wildman–Crippen MR) is 107 cm³/mol. The molecule has 4 rings (SSSR count). The van der Waals surface area contributed by atoms with Crippen LogP contribution in [0.3, 0.4) is 0 Å². The average molecular weight is 421 g/mol. The Kier molecular flexibility index (Phi) is 5.83. The molecule has 1 saturated carbocycles. The monoisotopic (exact) mass is 420 g/mol. The molecule has 1 aromatic carbocycles. The van der Waals surface area contributed by atoms with Gasteiger partial charge in [-0.15, -0.1) is 0 Å². The fourth-order valence-corrected chi connectivity index (χ4v) is 6.05. The van der Waals surface area contributed by atoms with Crippen LogP contribution in [-0.2, 0) is 14.6 Å². The first-order valence-corrected chi connectivity index (χ1v) is 11.6. The first kappa shape index (κ1) is 20.2. The van der Waals surface area contributed by atoms with Crippen molar-refractivity contribution < 1.29 is 22.3 Å². The molecule has 0 bridgehead atoms. The molecule has 0 N–H and O–H groups in total. The van der Waals surface area contributed by atoms with Gasteiger partial charge in [0.25, 0.3) is 0 Å². The standard InChI is InChI=1S/C21H25FN2O4S/c1-14(29(25,26)18-8-9-18)19-3-2-10-27-20(19)13-28-17-6-4-15(5-7-17)21-23-11-16(22)12-24-21/h4-7,11-12,14,18-20H,2-3,8-10,13H2,1H3. The number of halogens is 1. The SMILES string of the molecule is CC(C1CCCOC1COc1ccc(-c2ncc(F)cn2)cc1)S(=O)(=O)C1CC1. The number of ether oxygens (including phenoxy) is 2. The van der Waals surface area contributed by atoms with Gasteiger partial charge in [-0.05, 0) is 56.9 Å². The maximum Gasteiger partial charge on any atom is 0.159 e. The lowest BCUT2D eigenvalue weighted by Gasteiger charge is -2.35. The van der Waals surface area contributed by atoms with Crippen molar-refractivity contribution in [2.45, 2.75) is 49.2 Å². The lowest BCUT2D eigenvalue weighted by Crippen LogP contribution is -2.43. The molecular formula is C21H25FN2O4S. The molecule has 0 amide bonds. The number of benzene rings is 1. The fraction of sp³-hybridized carbons (Fsp3) is 0.524. The molecule has 0 radical (unpaired) electrons. The van der Waals surface area contributed by atoms with Gasteiger partial charge in [0.2, 0.25) is 0 Å². The number of rotatable bonds is 7. The zero-order valence-corrected chi connectivity index (χ0v) is 17.1. The van der Waals surface area contributed by atoms with E-state index in [1.807, 2.05) is 19.1 Å². The highest BCUT2D eigenvalue weighted by atomic mass is 32.2. The summed E-state index contributed by atoms with van der Waals surface area (Å²) in [6.45, 7) is 2.75. The summed E-state index contributed by atoms with van der Waals surface area (Å²) in [5.41, 5.74) is 0.758. The molecule has 1 aliphatic carbocycles. The topological polar surface area (TPSA) is 78.4 Å². The van der Waals surface area contributed by atoms with E-state index in [9.17, 15) is 12.8 Å². The van der Waals surface area contributed by atoms with Crippen LogP contribution < -0.4 is 4.74 Å². The molecule has 8 heteroatoms. The first-order chi connectivity index (χ1) is 13.9. The number of hydrogen-bond donors (Lipinski definition) is 0. The second-order valence-corrected chi connectivity index (χ2v) is 10.4. The Morgan fingerprint density at radius 3 is 2.52 bits per heavy atom. The molecule has 29 heavy (non-hydrogen) atoms. The minimum atomic E-state index is -3.10. The molecular weight excluding hydrogens is 395 g/mol. The normalized spacial score (nSPS) is 23.5.